The molecule has 0 bridgehead atoms. The summed E-state index contributed by atoms with van der Waals surface area (Å²) in [5, 5.41) is 11.8. The number of rotatable bonds is 3. The maximum atomic E-state index is 10.9. The smallest absolute Gasteiger partial charge is 0.321 e. The van der Waals surface area contributed by atoms with Gasteiger partial charge in [0, 0.05) is 6.54 Å². The third-order valence-electron chi connectivity index (χ3n) is 2.71. The first-order valence-electron chi connectivity index (χ1n) is 4.73. The van der Waals surface area contributed by atoms with Crippen molar-refractivity contribution in [1.29, 1.82) is 0 Å². The molecule has 2 N–H and O–H groups in total. The second kappa shape index (κ2) is 4.58. The third kappa shape index (κ3) is 2.67. The van der Waals surface area contributed by atoms with E-state index in [0.29, 0.717) is 0 Å². The van der Waals surface area contributed by atoms with Gasteiger partial charge in [0.25, 0.3) is 0 Å². The fraction of sp³-hybridized carbons (Fsp3) is 0.889. The van der Waals surface area contributed by atoms with Crippen LogP contribution in [0.4, 0.5) is 0 Å². The van der Waals surface area contributed by atoms with Gasteiger partial charge in [-0.15, -0.1) is 0 Å². The first-order valence-corrected chi connectivity index (χ1v) is 4.73. The minimum absolute atomic E-state index is 0.251. The number of aliphatic carboxylic acids is 1. The van der Waals surface area contributed by atoms with Gasteiger partial charge in [-0.05, 0) is 39.4 Å². The summed E-state index contributed by atoms with van der Waals surface area (Å²) in [7, 11) is 3.76. The molecule has 0 amide bonds. The monoisotopic (exact) mass is 186 g/mol. The summed E-state index contributed by atoms with van der Waals surface area (Å²) >= 11 is 0. The van der Waals surface area contributed by atoms with Crippen molar-refractivity contribution in [2.24, 2.45) is 5.92 Å². The van der Waals surface area contributed by atoms with Crippen LogP contribution in [0, 0.1) is 5.92 Å². The summed E-state index contributed by atoms with van der Waals surface area (Å²) in [6, 6.07) is -0.386. The van der Waals surface area contributed by atoms with E-state index >= 15 is 0 Å². The first kappa shape index (κ1) is 10.5. The standard InChI is InChI=1S/C9H18N2O2/c1-10-8(9(12)13)7-4-3-5-11(2)6-7/h7-8,10H,3-6H2,1-2H3,(H,12,13). The van der Waals surface area contributed by atoms with Gasteiger partial charge in [-0.1, -0.05) is 0 Å². The number of hydrogen-bond donors (Lipinski definition) is 2. The lowest BCUT2D eigenvalue weighted by atomic mass is 9.91. The van der Waals surface area contributed by atoms with E-state index in [1.165, 1.54) is 0 Å². The van der Waals surface area contributed by atoms with Gasteiger partial charge < -0.3 is 15.3 Å². The van der Waals surface area contributed by atoms with E-state index in [4.69, 9.17) is 5.11 Å². The van der Waals surface area contributed by atoms with Crippen LogP contribution in [0.1, 0.15) is 12.8 Å². The molecule has 1 aliphatic rings. The van der Waals surface area contributed by atoms with Gasteiger partial charge in [0.15, 0.2) is 0 Å². The lowest BCUT2D eigenvalue weighted by Gasteiger charge is -2.32. The molecule has 1 fully saturated rings. The average molecular weight is 186 g/mol. The lowest BCUT2D eigenvalue weighted by Crippen LogP contribution is -2.47. The fourth-order valence-electron chi connectivity index (χ4n) is 2.04. The highest BCUT2D eigenvalue weighted by molar-refractivity contribution is 5.73. The first-order chi connectivity index (χ1) is 6.15. The van der Waals surface area contributed by atoms with Crippen LogP contribution in [0.5, 0.6) is 0 Å². The summed E-state index contributed by atoms with van der Waals surface area (Å²) in [4.78, 5) is 13.1. The van der Waals surface area contributed by atoms with Crippen molar-refractivity contribution in [1.82, 2.24) is 10.2 Å². The Hall–Kier alpha value is -0.610. The van der Waals surface area contributed by atoms with Crippen molar-refractivity contribution in [3.63, 3.8) is 0 Å². The molecule has 0 aromatic carbocycles. The Kier molecular flexibility index (Phi) is 3.69. The van der Waals surface area contributed by atoms with Crippen LogP contribution in [-0.4, -0.2) is 49.2 Å². The highest BCUT2D eigenvalue weighted by atomic mass is 16.4. The van der Waals surface area contributed by atoms with E-state index in [1.807, 2.05) is 7.05 Å². The van der Waals surface area contributed by atoms with Gasteiger partial charge >= 0.3 is 5.97 Å². The van der Waals surface area contributed by atoms with Gasteiger partial charge in [-0.2, -0.15) is 0 Å². The van der Waals surface area contributed by atoms with E-state index in [0.717, 1.165) is 25.9 Å². The van der Waals surface area contributed by atoms with Crippen LogP contribution < -0.4 is 5.32 Å². The maximum absolute atomic E-state index is 10.9. The van der Waals surface area contributed by atoms with Gasteiger partial charge in [-0.25, -0.2) is 0 Å². The number of carboxylic acids is 1. The number of piperidine rings is 1. The topological polar surface area (TPSA) is 52.6 Å². The van der Waals surface area contributed by atoms with Crippen molar-refractivity contribution >= 4 is 5.97 Å². The number of carboxylic acid groups (broad SMARTS) is 1. The second-order valence-corrected chi connectivity index (χ2v) is 3.77. The zero-order valence-electron chi connectivity index (χ0n) is 8.29. The van der Waals surface area contributed by atoms with E-state index in [9.17, 15) is 4.79 Å². The Labute approximate surface area is 78.9 Å². The molecule has 4 nitrogen and oxygen atoms in total. The predicted molar refractivity (Wildman–Crippen MR) is 50.7 cm³/mol. The van der Waals surface area contributed by atoms with Gasteiger partial charge in [0.1, 0.15) is 6.04 Å². The number of nitrogens with zero attached hydrogens (tertiary/aromatic N) is 1. The molecule has 0 aromatic heterocycles. The predicted octanol–water partition coefficient (Wildman–Crippen LogP) is 0.000800. The van der Waals surface area contributed by atoms with Crippen LogP contribution in [0.2, 0.25) is 0 Å². The molecule has 1 saturated heterocycles. The molecule has 0 saturated carbocycles. The van der Waals surface area contributed by atoms with Gasteiger partial charge in [0.2, 0.25) is 0 Å². The minimum Gasteiger partial charge on any atom is -0.480 e. The molecule has 1 heterocycles. The van der Waals surface area contributed by atoms with Crippen LogP contribution in [0.15, 0.2) is 0 Å². The molecule has 2 atom stereocenters. The molecular formula is C9H18N2O2. The molecule has 0 spiro atoms. The van der Waals surface area contributed by atoms with Crippen molar-refractivity contribution in [3.8, 4) is 0 Å². The van der Waals surface area contributed by atoms with Crippen molar-refractivity contribution in [2.45, 2.75) is 18.9 Å². The normalized spacial score (nSPS) is 27.1. The Morgan fingerprint density at radius 1 is 1.69 bits per heavy atom. The quantitative estimate of drug-likeness (QED) is 0.651. The van der Waals surface area contributed by atoms with Gasteiger partial charge in [-0.3, -0.25) is 4.79 Å². The summed E-state index contributed by atoms with van der Waals surface area (Å²) < 4.78 is 0. The summed E-state index contributed by atoms with van der Waals surface area (Å²) in [6.45, 7) is 1.98. The van der Waals surface area contributed by atoms with Crippen molar-refractivity contribution in [3.05, 3.63) is 0 Å². The maximum Gasteiger partial charge on any atom is 0.321 e. The second-order valence-electron chi connectivity index (χ2n) is 3.77. The van der Waals surface area contributed by atoms with Crippen LogP contribution in [-0.2, 0) is 4.79 Å². The Morgan fingerprint density at radius 2 is 2.38 bits per heavy atom. The minimum atomic E-state index is -0.734. The number of carbonyl (C=O) groups is 1. The zero-order chi connectivity index (χ0) is 9.84. The van der Waals surface area contributed by atoms with E-state index < -0.39 is 5.97 Å². The summed E-state index contributed by atoms with van der Waals surface area (Å²) in [6.07, 6.45) is 2.12. The molecule has 13 heavy (non-hydrogen) atoms. The largest absolute Gasteiger partial charge is 0.480 e. The van der Waals surface area contributed by atoms with Crippen LogP contribution >= 0.6 is 0 Å². The fourth-order valence-corrected chi connectivity index (χ4v) is 2.04. The van der Waals surface area contributed by atoms with Crippen LogP contribution in [0.25, 0.3) is 0 Å². The number of likely N-dealkylation sites (tertiary alicyclic amines) is 1. The molecule has 0 radical (unpaired) electrons. The Bertz CT molecular complexity index is 184. The van der Waals surface area contributed by atoms with Crippen molar-refractivity contribution in [2.75, 3.05) is 27.2 Å². The molecule has 1 aliphatic heterocycles. The third-order valence-corrected chi connectivity index (χ3v) is 2.71. The number of likely N-dealkylation sites (N-methyl/N-ethyl adjacent to an activating group) is 1. The molecule has 0 aromatic rings. The number of hydrogen-bond acceptors (Lipinski definition) is 3. The van der Waals surface area contributed by atoms with Crippen LogP contribution in [0.3, 0.4) is 0 Å². The molecular weight excluding hydrogens is 168 g/mol. The Morgan fingerprint density at radius 3 is 2.85 bits per heavy atom. The molecule has 76 valence electrons. The highest BCUT2D eigenvalue weighted by Crippen LogP contribution is 2.18. The molecule has 0 aliphatic carbocycles. The van der Waals surface area contributed by atoms with E-state index in [-0.39, 0.29) is 12.0 Å². The average Bonchev–Trinajstić information content (AvgIpc) is 2.04. The molecule has 1 rings (SSSR count). The van der Waals surface area contributed by atoms with E-state index in [1.54, 1.807) is 7.05 Å². The Balaban J connectivity index is 2.52. The highest BCUT2D eigenvalue weighted by Gasteiger charge is 2.29. The molecule has 2 unspecified atom stereocenters. The molecule has 4 heteroatoms. The SMILES string of the molecule is CNC(C(=O)O)C1CCCN(C)C1. The van der Waals surface area contributed by atoms with Gasteiger partial charge in [0.05, 0.1) is 0 Å². The number of nitrogens with one attached hydrogen (secondary N) is 1. The van der Waals surface area contributed by atoms with Crippen molar-refractivity contribution < 1.29 is 9.90 Å². The summed E-state index contributed by atoms with van der Waals surface area (Å²) in [5.74, 6) is -0.482. The summed E-state index contributed by atoms with van der Waals surface area (Å²) in [5.41, 5.74) is 0. The van der Waals surface area contributed by atoms with E-state index in [2.05, 4.69) is 10.2 Å². The zero-order valence-corrected chi connectivity index (χ0v) is 8.29. The lowest BCUT2D eigenvalue weighted by molar-refractivity contribution is -0.141.